The Bertz CT molecular complexity index is 1220. The SMILES string of the molecule is CN1C(=O)[C@H](c2c[nH]c3ccc(Br)cc23)N(C)C(=O)[C@@H]1c1c[nH]c2ccc(Br)cc12. The van der Waals surface area contributed by atoms with Gasteiger partial charge in [-0.05, 0) is 36.4 Å². The fourth-order valence-electron chi connectivity index (χ4n) is 4.34. The zero-order valence-electron chi connectivity index (χ0n) is 16.2. The number of nitrogens with zero attached hydrogens (tertiary/aromatic N) is 2. The van der Waals surface area contributed by atoms with E-state index in [0.717, 1.165) is 41.9 Å². The maximum atomic E-state index is 13.5. The Labute approximate surface area is 189 Å². The Kier molecular flexibility index (Phi) is 4.52. The maximum Gasteiger partial charge on any atom is 0.250 e. The number of rotatable bonds is 2. The number of hydrogen-bond donors (Lipinski definition) is 2. The van der Waals surface area contributed by atoms with Gasteiger partial charge in [-0.25, -0.2) is 0 Å². The molecule has 2 aromatic heterocycles. The van der Waals surface area contributed by atoms with Crippen LogP contribution in [0.15, 0.2) is 57.7 Å². The van der Waals surface area contributed by atoms with Gasteiger partial charge in [0.1, 0.15) is 12.1 Å². The zero-order valence-corrected chi connectivity index (χ0v) is 19.4. The van der Waals surface area contributed by atoms with Crippen molar-refractivity contribution < 1.29 is 9.59 Å². The second-order valence-electron chi connectivity index (χ2n) is 7.57. The minimum absolute atomic E-state index is 0.118. The summed E-state index contributed by atoms with van der Waals surface area (Å²) in [5, 5.41) is 1.84. The Balaban J connectivity index is 1.60. The minimum Gasteiger partial charge on any atom is -0.361 e. The topological polar surface area (TPSA) is 72.2 Å². The molecule has 0 spiro atoms. The predicted molar refractivity (Wildman–Crippen MR) is 123 cm³/mol. The van der Waals surface area contributed by atoms with Gasteiger partial charge in [0, 0.05) is 68.4 Å². The van der Waals surface area contributed by atoms with Crippen molar-refractivity contribution in [3.8, 4) is 0 Å². The predicted octanol–water partition coefficient (Wildman–Crippen LogP) is 4.89. The molecule has 2 atom stereocenters. The second kappa shape index (κ2) is 6.99. The number of hydrogen-bond acceptors (Lipinski definition) is 2. The molecule has 2 N–H and O–H groups in total. The molecule has 1 fully saturated rings. The number of fused-ring (bicyclic) bond motifs is 2. The second-order valence-corrected chi connectivity index (χ2v) is 9.40. The van der Waals surface area contributed by atoms with Crippen molar-refractivity contribution in [2.45, 2.75) is 12.1 Å². The number of likely N-dealkylation sites (N-methyl/N-ethyl adjacent to an activating group) is 2. The molecule has 0 saturated carbocycles. The lowest BCUT2D eigenvalue weighted by atomic mass is 9.94. The van der Waals surface area contributed by atoms with Crippen LogP contribution in [0, 0.1) is 0 Å². The number of amides is 2. The van der Waals surface area contributed by atoms with E-state index in [1.165, 1.54) is 0 Å². The van der Waals surface area contributed by atoms with Crippen molar-refractivity contribution in [1.29, 1.82) is 0 Å². The quantitative estimate of drug-likeness (QED) is 0.388. The first-order valence-electron chi connectivity index (χ1n) is 9.43. The molecular formula is C22H18Br2N4O2. The van der Waals surface area contributed by atoms with E-state index in [0.29, 0.717) is 0 Å². The summed E-state index contributed by atoms with van der Waals surface area (Å²) in [6, 6.07) is 10.4. The van der Waals surface area contributed by atoms with E-state index in [2.05, 4.69) is 41.8 Å². The summed E-state index contributed by atoms with van der Waals surface area (Å²) in [5.74, 6) is -0.236. The van der Waals surface area contributed by atoms with E-state index in [4.69, 9.17) is 0 Å². The van der Waals surface area contributed by atoms with E-state index in [-0.39, 0.29) is 11.8 Å². The molecule has 1 aliphatic heterocycles. The van der Waals surface area contributed by atoms with Gasteiger partial charge < -0.3 is 19.8 Å². The van der Waals surface area contributed by atoms with Gasteiger partial charge in [-0.15, -0.1) is 0 Å². The number of halogens is 2. The van der Waals surface area contributed by atoms with E-state index in [9.17, 15) is 9.59 Å². The number of carbonyl (C=O) groups is 2. The van der Waals surface area contributed by atoms with Gasteiger partial charge in [0.2, 0.25) is 0 Å². The number of benzene rings is 2. The van der Waals surface area contributed by atoms with Gasteiger partial charge in [0.25, 0.3) is 11.8 Å². The van der Waals surface area contributed by atoms with E-state index in [1.54, 1.807) is 23.9 Å². The third-order valence-electron chi connectivity index (χ3n) is 5.88. The lowest BCUT2D eigenvalue weighted by molar-refractivity contribution is -0.159. The monoisotopic (exact) mass is 528 g/mol. The minimum atomic E-state index is -0.682. The molecule has 4 aromatic rings. The van der Waals surface area contributed by atoms with Crippen LogP contribution in [-0.2, 0) is 9.59 Å². The van der Waals surface area contributed by atoms with Crippen LogP contribution in [0.4, 0.5) is 0 Å². The molecule has 2 amide bonds. The largest absolute Gasteiger partial charge is 0.361 e. The molecule has 152 valence electrons. The van der Waals surface area contributed by atoms with Crippen LogP contribution in [0.2, 0.25) is 0 Å². The summed E-state index contributed by atoms with van der Waals surface area (Å²) in [6.45, 7) is 0. The highest BCUT2D eigenvalue weighted by atomic mass is 79.9. The van der Waals surface area contributed by atoms with Crippen LogP contribution >= 0.6 is 31.9 Å². The Hall–Kier alpha value is -2.58. The average Bonchev–Trinajstić information content (AvgIpc) is 3.31. The normalized spacial score (nSPS) is 20.0. The lowest BCUT2D eigenvalue weighted by Crippen LogP contribution is -2.54. The molecule has 6 nitrogen and oxygen atoms in total. The van der Waals surface area contributed by atoms with Crippen LogP contribution in [0.5, 0.6) is 0 Å². The van der Waals surface area contributed by atoms with Crippen LogP contribution in [0.25, 0.3) is 21.8 Å². The summed E-state index contributed by atoms with van der Waals surface area (Å²) in [7, 11) is 3.40. The molecule has 0 aliphatic carbocycles. The Morgan fingerprint density at radius 3 is 1.53 bits per heavy atom. The first-order chi connectivity index (χ1) is 14.4. The standard InChI is InChI=1S/C22H18Br2N4O2/c1-27-19(15-9-25-17-5-3-11(23)7-13(15)17)22(30)28(2)20(21(27)29)16-10-26-18-6-4-12(24)8-14(16)18/h3-10,19-20,25-26H,1-2H3/t19-,20-/m0/s1. The fourth-order valence-corrected chi connectivity index (χ4v) is 5.06. The molecule has 0 unspecified atom stereocenters. The third kappa shape index (κ3) is 2.81. The highest BCUT2D eigenvalue weighted by molar-refractivity contribution is 9.10. The smallest absolute Gasteiger partial charge is 0.250 e. The summed E-state index contributed by atoms with van der Waals surface area (Å²) >= 11 is 6.99. The number of H-pyrrole nitrogens is 2. The number of piperazine rings is 1. The molecule has 5 rings (SSSR count). The van der Waals surface area contributed by atoms with Gasteiger partial charge >= 0.3 is 0 Å². The molecule has 0 bridgehead atoms. The molecule has 30 heavy (non-hydrogen) atoms. The van der Waals surface area contributed by atoms with Crippen LogP contribution in [0.1, 0.15) is 23.2 Å². The molecule has 3 heterocycles. The summed E-state index contributed by atoms with van der Waals surface area (Å²) < 4.78 is 1.84. The van der Waals surface area contributed by atoms with Gasteiger partial charge in [-0.1, -0.05) is 31.9 Å². The van der Waals surface area contributed by atoms with Crippen molar-refractivity contribution in [2.24, 2.45) is 0 Å². The fraction of sp³-hybridized carbons (Fsp3) is 0.182. The van der Waals surface area contributed by atoms with Crippen molar-refractivity contribution in [1.82, 2.24) is 19.8 Å². The highest BCUT2D eigenvalue weighted by Crippen LogP contribution is 2.40. The van der Waals surface area contributed by atoms with Crippen LogP contribution < -0.4 is 0 Å². The summed E-state index contributed by atoms with van der Waals surface area (Å²) in [4.78, 5) is 36.6. The van der Waals surface area contributed by atoms with E-state index < -0.39 is 12.1 Å². The van der Waals surface area contributed by atoms with Gasteiger partial charge in [-0.3, -0.25) is 9.59 Å². The molecule has 0 radical (unpaired) electrons. The summed E-state index contributed by atoms with van der Waals surface area (Å²) in [5.41, 5.74) is 3.43. The highest BCUT2D eigenvalue weighted by Gasteiger charge is 2.45. The maximum absolute atomic E-state index is 13.5. The number of aromatic nitrogens is 2. The number of carbonyl (C=O) groups excluding carboxylic acids is 2. The van der Waals surface area contributed by atoms with E-state index >= 15 is 0 Å². The first kappa shape index (κ1) is 19.4. The molecular weight excluding hydrogens is 512 g/mol. The van der Waals surface area contributed by atoms with Crippen molar-refractivity contribution in [3.05, 3.63) is 68.9 Å². The molecule has 2 aromatic carbocycles. The molecule has 1 aliphatic rings. The van der Waals surface area contributed by atoms with Gasteiger partial charge in [0.15, 0.2) is 0 Å². The first-order valence-corrected chi connectivity index (χ1v) is 11.0. The zero-order chi connectivity index (χ0) is 21.2. The number of aromatic amines is 2. The van der Waals surface area contributed by atoms with E-state index in [1.807, 2.05) is 48.8 Å². The van der Waals surface area contributed by atoms with Crippen LogP contribution in [-0.4, -0.2) is 45.7 Å². The van der Waals surface area contributed by atoms with Crippen molar-refractivity contribution in [2.75, 3.05) is 14.1 Å². The van der Waals surface area contributed by atoms with Crippen molar-refractivity contribution >= 4 is 65.5 Å². The average molecular weight is 530 g/mol. The molecule has 1 saturated heterocycles. The molecule has 8 heteroatoms. The van der Waals surface area contributed by atoms with Crippen molar-refractivity contribution in [3.63, 3.8) is 0 Å². The van der Waals surface area contributed by atoms with Gasteiger partial charge in [0.05, 0.1) is 0 Å². The Morgan fingerprint density at radius 2 is 1.13 bits per heavy atom. The lowest BCUT2D eigenvalue weighted by Gasteiger charge is -2.41. The summed E-state index contributed by atoms with van der Waals surface area (Å²) in [6.07, 6.45) is 3.64. The third-order valence-corrected chi connectivity index (χ3v) is 6.86. The van der Waals surface area contributed by atoms with Gasteiger partial charge in [-0.2, -0.15) is 0 Å². The Morgan fingerprint density at radius 1 is 0.733 bits per heavy atom. The number of nitrogens with one attached hydrogen (secondary N) is 2. The van der Waals surface area contributed by atoms with Crippen LogP contribution in [0.3, 0.4) is 0 Å².